The largest absolute Gasteiger partial charge is 0.383 e. The molecule has 0 rings (SSSR count). The van der Waals surface area contributed by atoms with Crippen LogP contribution in [0, 0.1) is 0 Å². The van der Waals surface area contributed by atoms with Crippen molar-refractivity contribution < 1.29 is 22.4 Å². The number of nitrogens with one attached hydrogen (secondary N) is 1. The van der Waals surface area contributed by atoms with E-state index in [2.05, 4.69) is 0 Å². The third kappa shape index (κ3) is 4.03. The van der Waals surface area contributed by atoms with Crippen LogP contribution in [0.1, 0.15) is 6.92 Å². The van der Waals surface area contributed by atoms with Crippen molar-refractivity contribution in [1.29, 1.82) is 0 Å². The highest BCUT2D eigenvalue weighted by Gasteiger charge is 2.48. The van der Waals surface area contributed by atoms with Crippen LogP contribution in [0.25, 0.3) is 0 Å². The first-order chi connectivity index (χ1) is 6.69. The summed E-state index contributed by atoms with van der Waals surface area (Å²) in [5.74, 6) is -6.56. The molecule has 0 spiro atoms. The first-order valence-corrected chi connectivity index (χ1v) is 4.30. The fourth-order valence-corrected chi connectivity index (χ4v) is 0.640. The Hall–Kier alpha value is -0.850. The van der Waals surface area contributed by atoms with Crippen molar-refractivity contribution in [2.45, 2.75) is 25.3 Å². The van der Waals surface area contributed by atoms with Gasteiger partial charge < -0.3 is 10.2 Å². The molecule has 1 unspecified atom stereocenters. The highest BCUT2D eigenvalue weighted by molar-refractivity contribution is 5.83. The van der Waals surface area contributed by atoms with E-state index in [4.69, 9.17) is 0 Å². The molecule has 0 bridgehead atoms. The van der Waals surface area contributed by atoms with Gasteiger partial charge in [0, 0.05) is 12.6 Å². The molecule has 0 saturated carbocycles. The fraction of sp³-hybridized carbons (Fsp3) is 0.875. The number of carbonyl (C=O) groups excluding carboxylic acids is 1. The maximum absolute atomic E-state index is 12.4. The van der Waals surface area contributed by atoms with Crippen molar-refractivity contribution in [3.8, 4) is 0 Å². The summed E-state index contributed by atoms with van der Waals surface area (Å²) in [5.41, 5.74) is 0. The van der Waals surface area contributed by atoms with E-state index in [-0.39, 0.29) is 12.6 Å². The molecule has 0 aromatic carbocycles. The van der Waals surface area contributed by atoms with Gasteiger partial charge in [-0.05, 0) is 21.0 Å². The molecule has 0 saturated heterocycles. The Morgan fingerprint density at radius 1 is 1.40 bits per heavy atom. The Morgan fingerprint density at radius 2 is 1.87 bits per heavy atom. The summed E-state index contributed by atoms with van der Waals surface area (Å²) in [4.78, 5) is 12.3. The summed E-state index contributed by atoms with van der Waals surface area (Å²) in [7, 11) is 3.37. The van der Waals surface area contributed by atoms with Crippen LogP contribution < -0.4 is 5.32 Å². The van der Waals surface area contributed by atoms with E-state index in [1.165, 1.54) is 0 Å². The molecule has 3 nitrogen and oxygen atoms in total. The number of hydrogen-bond acceptors (Lipinski definition) is 2. The second kappa shape index (κ2) is 5.29. The zero-order chi connectivity index (χ0) is 12.2. The second-order valence-electron chi connectivity index (χ2n) is 3.45. The third-order valence-corrected chi connectivity index (χ3v) is 2.02. The van der Waals surface area contributed by atoms with Gasteiger partial charge >= 0.3 is 12.3 Å². The molecule has 0 aliphatic carbocycles. The number of halogens is 4. The van der Waals surface area contributed by atoms with E-state index in [1.807, 2.05) is 0 Å². The molecule has 0 aromatic heterocycles. The Kier molecular flexibility index (Phi) is 4.99. The smallest absolute Gasteiger partial charge is 0.349 e. The van der Waals surface area contributed by atoms with Crippen LogP contribution >= 0.6 is 0 Å². The molecule has 0 heterocycles. The van der Waals surface area contributed by atoms with E-state index < -0.39 is 18.3 Å². The van der Waals surface area contributed by atoms with Gasteiger partial charge in [0.25, 0.3) is 5.91 Å². The fourth-order valence-electron chi connectivity index (χ4n) is 0.640. The summed E-state index contributed by atoms with van der Waals surface area (Å²) in [6.07, 6.45) is -3.98. The van der Waals surface area contributed by atoms with Gasteiger partial charge in [-0.15, -0.1) is 0 Å². The minimum Gasteiger partial charge on any atom is -0.349 e. The molecular formula is C8H14F4N2O. The number of alkyl halides is 4. The van der Waals surface area contributed by atoms with Gasteiger partial charge in [0.1, 0.15) is 0 Å². The van der Waals surface area contributed by atoms with Crippen LogP contribution in [0.2, 0.25) is 0 Å². The lowest BCUT2D eigenvalue weighted by atomic mass is 10.3. The summed E-state index contributed by atoms with van der Waals surface area (Å²) in [6, 6.07) is -0.206. The van der Waals surface area contributed by atoms with Crippen LogP contribution in [0.4, 0.5) is 17.6 Å². The van der Waals surface area contributed by atoms with E-state index in [9.17, 15) is 22.4 Å². The van der Waals surface area contributed by atoms with Crippen molar-refractivity contribution >= 4 is 5.91 Å². The zero-order valence-electron chi connectivity index (χ0n) is 8.73. The third-order valence-electron chi connectivity index (χ3n) is 2.02. The molecular weight excluding hydrogens is 216 g/mol. The normalized spacial score (nSPS) is 14.5. The lowest BCUT2D eigenvalue weighted by Crippen LogP contribution is -2.48. The highest BCUT2D eigenvalue weighted by Crippen LogP contribution is 2.22. The van der Waals surface area contributed by atoms with Crippen LogP contribution in [-0.2, 0) is 4.79 Å². The zero-order valence-corrected chi connectivity index (χ0v) is 8.73. The number of likely N-dealkylation sites (N-methyl/N-ethyl adjacent to an activating group) is 1. The molecule has 1 N–H and O–H groups in total. The van der Waals surface area contributed by atoms with E-state index in [1.54, 1.807) is 31.2 Å². The Balaban J connectivity index is 4.15. The molecule has 0 aromatic rings. The van der Waals surface area contributed by atoms with Crippen molar-refractivity contribution in [3.63, 3.8) is 0 Å². The maximum atomic E-state index is 12.4. The molecule has 0 radical (unpaired) electrons. The Labute approximate surface area is 85.4 Å². The first-order valence-electron chi connectivity index (χ1n) is 4.30. The lowest BCUT2D eigenvalue weighted by molar-refractivity contribution is -0.169. The van der Waals surface area contributed by atoms with Crippen molar-refractivity contribution in [1.82, 2.24) is 10.2 Å². The lowest BCUT2D eigenvalue weighted by Gasteiger charge is -2.21. The summed E-state index contributed by atoms with van der Waals surface area (Å²) >= 11 is 0. The van der Waals surface area contributed by atoms with Crippen LogP contribution in [0.15, 0.2) is 0 Å². The molecule has 0 fully saturated rings. The molecule has 1 amide bonds. The average Bonchev–Trinajstić information content (AvgIpc) is 2.12. The minimum absolute atomic E-state index is 0.103. The quantitative estimate of drug-likeness (QED) is 0.713. The van der Waals surface area contributed by atoms with Crippen LogP contribution in [-0.4, -0.2) is 49.8 Å². The van der Waals surface area contributed by atoms with Gasteiger partial charge in [0.15, 0.2) is 0 Å². The van der Waals surface area contributed by atoms with Gasteiger partial charge in [0.2, 0.25) is 0 Å². The molecule has 0 aliphatic rings. The number of amides is 1. The Morgan fingerprint density at radius 3 is 2.20 bits per heavy atom. The molecule has 1 atom stereocenters. The minimum atomic E-state index is -4.62. The summed E-state index contributed by atoms with van der Waals surface area (Å²) in [5, 5.41) is 1.77. The standard InChI is InChI=1S/C8H14F4N2O/c1-5(14(2)3)4-13-7(15)8(11,12)6(9)10/h5-6H,4H2,1-3H3,(H,13,15). The Bertz CT molecular complexity index is 221. The second-order valence-corrected chi connectivity index (χ2v) is 3.45. The van der Waals surface area contributed by atoms with Gasteiger partial charge in [0.05, 0.1) is 0 Å². The predicted molar refractivity (Wildman–Crippen MR) is 47.1 cm³/mol. The molecule has 90 valence electrons. The number of nitrogens with zero attached hydrogens (tertiary/aromatic N) is 1. The van der Waals surface area contributed by atoms with Gasteiger partial charge in [-0.1, -0.05) is 0 Å². The number of carbonyl (C=O) groups is 1. The molecule has 0 aliphatic heterocycles. The van der Waals surface area contributed by atoms with Crippen LogP contribution in [0.5, 0.6) is 0 Å². The topological polar surface area (TPSA) is 32.3 Å². The van der Waals surface area contributed by atoms with Crippen LogP contribution in [0.3, 0.4) is 0 Å². The van der Waals surface area contributed by atoms with E-state index >= 15 is 0 Å². The average molecular weight is 230 g/mol. The number of rotatable bonds is 5. The van der Waals surface area contributed by atoms with E-state index in [0.29, 0.717) is 0 Å². The summed E-state index contributed by atoms with van der Waals surface area (Å²) < 4.78 is 48.3. The van der Waals surface area contributed by atoms with Crippen molar-refractivity contribution in [2.24, 2.45) is 0 Å². The van der Waals surface area contributed by atoms with E-state index in [0.717, 1.165) is 0 Å². The summed E-state index contributed by atoms with van der Waals surface area (Å²) in [6.45, 7) is 1.56. The molecule has 7 heteroatoms. The molecule has 15 heavy (non-hydrogen) atoms. The SMILES string of the molecule is CC(CNC(=O)C(F)(F)C(F)F)N(C)C. The predicted octanol–water partition coefficient (Wildman–Crippen LogP) is 0.953. The van der Waals surface area contributed by atoms with Gasteiger partial charge in [-0.25, -0.2) is 8.78 Å². The van der Waals surface area contributed by atoms with Gasteiger partial charge in [-0.3, -0.25) is 4.79 Å². The maximum Gasteiger partial charge on any atom is 0.383 e. The highest BCUT2D eigenvalue weighted by atomic mass is 19.3. The van der Waals surface area contributed by atoms with Crippen molar-refractivity contribution in [3.05, 3.63) is 0 Å². The first kappa shape index (κ1) is 14.2. The number of hydrogen-bond donors (Lipinski definition) is 1. The monoisotopic (exact) mass is 230 g/mol. The van der Waals surface area contributed by atoms with Crippen molar-refractivity contribution in [2.75, 3.05) is 20.6 Å². The van der Waals surface area contributed by atoms with Gasteiger partial charge in [-0.2, -0.15) is 8.78 Å².